The van der Waals surface area contributed by atoms with Gasteiger partial charge in [-0.2, -0.15) is 0 Å². The molecule has 11 nitrogen and oxygen atoms in total. The molecule has 0 radical (unpaired) electrons. The molecule has 1 spiro atoms. The molecule has 3 heterocycles. The van der Waals surface area contributed by atoms with Gasteiger partial charge in [0, 0.05) is 23.5 Å². The number of nitrogens with zero attached hydrogens (tertiary/aromatic N) is 2. The van der Waals surface area contributed by atoms with E-state index >= 15 is 0 Å². The molecule has 12 heteroatoms. The van der Waals surface area contributed by atoms with Crippen LogP contribution in [0.5, 0.6) is 5.75 Å². The van der Waals surface area contributed by atoms with Crippen molar-refractivity contribution in [1.29, 1.82) is 0 Å². The number of aliphatic hydroxyl groups excluding tert-OH is 1. The van der Waals surface area contributed by atoms with Gasteiger partial charge in [-0.1, -0.05) is 58.4 Å². The third-order valence-electron chi connectivity index (χ3n) is 9.72. The molecule has 0 saturated carbocycles. The summed E-state index contributed by atoms with van der Waals surface area (Å²) in [6.45, 7) is 10.7. The maximum Gasteiger partial charge on any atom is 0.313 e. The summed E-state index contributed by atoms with van der Waals surface area (Å²) in [5.74, 6) is -3.25. The number of amides is 3. The third-order valence-corrected chi connectivity index (χ3v) is 10.6. The highest BCUT2D eigenvalue weighted by atomic mass is 79.9. The number of likely N-dealkylation sites (tertiary alicyclic amines) is 1. The number of halogens is 1. The average molecular weight is 739 g/mol. The Kier molecular flexibility index (Phi) is 11.3. The molecule has 9 atom stereocenters. The van der Waals surface area contributed by atoms with Crippen molar-refractivity contribution < 1.29 is 38.5 Å². The number of alkyl halides is 1. The van der Waals surface area contributed by atoms with Gasteiger partial charge in [0.15, 0.2) is 0 Å². The molecule has 3 saturated heterocycles. The molecule has 3 amide bonds. The molecule has 1 unspecified atom stereocenters. The number of aliphatic hydroxyl groups is 1. The summed E-state index contributed by atoms with van der Waals surface area (Å²) in [7, 11) is 1.55. The Morgan fingerprint density at radius 3 is 2.45 bits per heavy atom. The lowest BCUT2D eigenvalue weighted by molar-refractivity contribution is -0.162. The van der Waals surface area contributed by atoms with E-state index in [2.05, 4.69) is 34.4 Å². The van der Waals surface area contributed by atoms with E-state index in [1.54, 1.807) is 57.4 Å². The van der Waals surface area contributed by atoms with Crippen molar-refractivity contribution in [3.05, 3.63) is 85.5 Å². The molecular weight excluding hydrogens is 694 g/mol. The molecule has 5 rings (SSSR count). The van der Waals surface area contributed by atoms with Gasteiger partial charge in [0.05, 0.1) is 43.7 Å². The largest absolute Gasteiger partial charge is 0.497 e. The monoisotopic (exact) mass is 737 g/mol. The van der Waals surface area contributed by atoms with Gasteiger partial charge in [-0.15, -0.1) is 13.2 Å². The number of esters is 1. The van der Waals surface area contributed by atoms with Crippen LogP contribution in [0.3, 0.4) is 0 Å². The molecule has 2 aromatic carbocycles. The second-order valence-electron chi connectivity index (χ2n) is 12.8. The number of hydrogen-bond acceptors (Lipinski definition) is 8. The zero-order valence-electron chi connectivity index (χ0n) is 28.0. The standard InChI is InChI=1S/C37H44BrN3O8/c1-6-8-14-28(43)39-23(4)31(24-12-10-9-11-13-24)48-36(46)29-30-34(44)41(22(3)21-42)33(37(30)20-27(38)32(29)49-37)35(45)40(19-7-2)25-15-17-26(47-5)18-16-25/h6-7,9-13,15-18,22-23,27,29-33,42H,1-2,8,14,19-21H2,3-5H3,(H,39,43)/t22-,23+,27?,29-,30+,31+,32-,33-,37+/m1/s1. The maximum absolute atomic E-state index is 14.7. The Balaban J connectivity index is 1.50. The van der Waals surface area contributed by atoms with Gasteiger partial charge in [0.2, 0.25) is 11.8 Å². The summed E-state index contributed by atoms with van der Waals surface area (Å²) >= 11 is 3.70. The minimum Gasteiger partial charge on any atom is -0.497 e. The molecule has 3 aliphatic rings. The van der Waals surface area contributed by atoms with Crippen molar-refractivity contribution >= 4 is 45.3 Å². The van der Waals surface area contributed by atoms with Crippen LogP contribution >= 0.6 is 15.9 Å². The third kappa shape index (κ3) is 6.78. The number of rotatable bonds is 15. The molecule has 3 fully saturated rings. The topological polar surface area (TPSA) is 135 Å². The van der Waals surface area contributed by atoms with Crippen LogP contribution in [0, 0.1) is 11.8 Å². The predicted molar refractivity (Wildman–Crippen MR) is 187 cm³/mol. The van der Waals surface area contributed by atoms with Crippen molar-refractivity contribution in [2.75, 3.05) is 25.2 Å². The highest BCUT2D eigenvalue weighted by molar-refractivity contribution is 9.09. The number of benzene rings is 2. The first kappa shape index (κ1) is 36.3. The van der Waals surface area contributed by atoms with Crippen molar-refractivity contribution in [2.24, 2.45) is 11.8 Å². The number of fused-ring (bicyclic) bond motifs is 1. The molecule has 2 bridgehead atoms. The van der Waals surface area contributed by atoms with Crippen LogP contribution in [-0.2, 0) is 28.7 Å². The summed E-state index contributed by atoms with van der Waals surface area (Å²) in [6, 6.07) is 13.5. The Morgan fingerprint density at radius 2 is 1.84 bits per heavy atom. The Hall–Kier alpha value is -4.00. The fourth-order valence-corrected chi connectivity index (χ4v) is 8.42. The predicted octanol–water partition coefficient (Wildman–Crippen LogP) is 4.10. The van der Waals surface area contributed by atoms with Gasteiger partial charge in [-0.25, -0.2) is 0 Å². The van der Waals surface area contributed by atoms with E-state index in [9.17, 15) is 24.3 Å². The lowest BCUT2D eigenvalue weighted by Gasteiger charge is -2.38. The van der Waals surface area contributed by atoms with Gasteiger partial charge < -0.3 is 34.4 Å². The first-order valence-electron chi connectivity index (χ1n) is 16.5. The Morgan fingerprint density at radius 1 is 1.14 bits per heavy atom. The van der Waals surface area contributed by atoms with Gasteiger partial charge in [-0.3, -0.25) is 19.2 Å². The Labute approximate surface area is 295 Å². The fraction of sp³-hybridized carbons (Fsp3) is 0.459. The smallest absolute Gasteiger partial charge is 0.313 e. The fourth-order valence-electron chi connectivity index (χ4n) is 7.48. The molecule has 262 valence electrons. The SMILES string of the molecule is C=CCCC(=O)N[C@@H](C)[C@H](OC(=O)[C@H]1[C@@H]2O[C@@]3(CC2Br)[C@@H]1C(=O)N([C@H](C)CO)[C@@H]3C(=O)N(CC=C)c1ccc(OC)cc1)c1ccccc1. The number of carbonyl (C=O) groups is 4. The highest BCUT2D eigenvalue weighted by Crippen LogP contribution is 2.61. The number of anilines is 1. The summed E-state index contributed by atoms with van der Waals surface area (Å²) < 4.78 is 18.2. The quantitative estimate of drug-likeness (QED) is 0.159. The number of allylic oxidation sites excluding steroid dienone is 1. The molecule has 2 aromatic rings. The van der Waals surface area contributed by atoms with Crippen LogP contribution in [0.2, 0.25) is 0 Å². The van der Waals surface area contributed by atoms with Gasteiger partial charge in [0.1, 0.15) is 23.5 Å². The van der Waals surface area contributed by atoms with Crippen molar-refractivity contribution in [3.63, 3.8) is 0 Å². The van der Waals surface area contributed by atoms with E-state index < -0.39 is 72.2 Å². The van der Waals surface area contributed by atoms with E-state index in [4.69, 9.17) is 14.2 Å². The number of carbonyl (C=O) groups excluding carboxylic acids is 4. The normalized spacial score (nSPS) is 27.1. The van der Waals surface area contributed by atoms with Gasteiger partial charge in [0.25, 0.3) is 5.91 Å². The Bertz CT molecular complexity index is 1550. The van der Waals surface area contributed by atoms with Crippen LogP contribution < -0.4 is 15.0 Å². The number of ether oxygens (including phenoxy) is 3. The number of methoxy groups -OCH3 is 1. The lowest BCUT2D eigenvalue weighted by Crippen LogP contribution is -2.58. The summed E-state index contributed by atoms with van der Waals surface area (Å²) in [5, 5.41) is 13.2. The minimum atomic E-state index is -1.38. The molecular formula is C37H44BrN3O8. The first-order chi connectivity index (χ1) is 23.5. The van der Waals surface area contributed by atoms with Crippen LogP contribution in [0.15, 0.2) is 79.9 Å². The lowest BCUT2D eigenvalue weighted by atomic mass is 9.70. The number of nitrogens with one attached hydrogen (secondary N) is 1. The van der Waals surface area contributed by atoms with Crippen LogP contribution in [0.25, 0.3) is 0 Å². The minimum absolute atomic E-state index is 0.139. The van der Waals surface area contributed by atoms with Crippen molar-refractivity contribution in [2.45, 2.75) is 73.9 Å². The van der Waals surface area contributed by atoms with E-state index in [0.29, 0.717) is 23.4 Å². The molecule has 3 aliphatic heterocycles. The van der Waals surface area contributed by atoms with Crippen LogP contribution in [0.1, 0.15) is 44.8 Å². The van der Waals surface area contributed by atoms with Gasteiger partial charge in [-0.05, 0) is 56.5 Å². The van der Waals surface area contributed by atoms with E-state index in [1.807, 2.05) is 30.3 Å². The number of hydrogen-bond donors (Lipinski definition) is 2. The summed E-state index contributed by atoms with van der Waals surface area (Å²) in [5.41, 5.74) is -0.149. The summed E-state index contributed by atoms with van der Waals surface area (Å²) in [6.07, 6.45) is 2.64. The zero-order chi connectivity index (χ0) is 35.5. The maximum atomic E-state index is 14.7. The second kappa shape index (κ2) is 15.3. The zero-order valence-corrected chi connectivity index (χ0v) is 29.6. The van der Waals surface area contributed by atoms with Crippen LogP contribution in [0.4, 0.5) is 5.69 Å². The molecule has 0 aliphatic carbocycles. The highest BCUT2D eigenvalue weighted by Gasteiger charge is 2.77. The first-order valence-corrected chi connectivity index (χ1v) is 17.4. The second-order valence-corrected chi connectivity index (χ2v) is 14.0. The molecule has 0 aromatic heterocycles. The molecule has 49 heavy (non-hydrogen) atoms. The summed E-state index contributed by atoms with van der Waals surface area (Å²) in [4.78, 5) is 58.7. The van der Waals surface area contributed by atoms with E-state index in [-0.39, 0.29) is 30.1 Å². The van der Waals surface area contributed by atoms with E-state index in [0.717, 1.165) is 0 Å². The van der Waals surface area contributed by atoms with Crippen molar-refractivity contribution in [1.82, 2.24) is 10.2 Å². The average Bonchev–Trinajstić information content (AvgIpc) is 3.71. The van der Waals surface area contributed by atoms with Crippen molar-refractivity contribution in [3.8, 4) is 5.75 Å². The van der Waals surface area contributed by atoms with Crippen LogP contribution in [-0.4, -0.2) is 88.6 Å². The van der Waals surface area contributed by atoms with E-state index in [1.165, 1.54) is 9.80 Å². The van der Waals surface area contributed by atoms with Gasteiger partial charge >= 0.3 is 5.97 Å². The molecule has 2 N–H and O–H groups in total.